The molecule has 0 amide bonds. The third kappa shape index (κ3) is 4.71. The molecular formula is C25H34ClN5O2S. The summed E-state index contributed by atoms with van der Waals surface area (Å²) in [6.07, 6.45) is 12.3. The molecule has 0 unspecified atom stereocenters. The van der Waals surface area contributed by atoms with Crippen LogP contribution in [0.3, 0.4) is 0 Å². The summed E-state index contributed by atoms with van der Waals surface area (Å²) < 4.78 is 29.4. The van der Waals surface area contributed by atoms with Crippen LogP contribution in [0.15, 0.2) is 24.3 Å². The number of aromatic nitrogens is 4. The Morgan fingerprint density at radius 2 is 1.88 bits per heavy atom. The number of fused-ring (bicyclic) bond motifs is 4. The Morgan fingerprint density at radius 3 is 2.59 bits per heavy atom. The van der Waals surface area contributed by atoms with Crippen LogP contribution in [-0.2, 0) is 15.4 Å². The van der Waals surface area contributed by atoms with E-state index >= 15 is 0 Å². The van der Waals surface area contributed by atoms with Gasteiger partial charge in [0, 0.05) is 16.7 Å². The van der Waals surface area contributed by atoms with Crippen molar-refractivity contribution in [2.45, 2.75) is 83.0 Å². The highest BCUT2D eigenvalue weighted by Gasteiger charge is 2.44. The summed E-state index contributed by atoms with van der Waals surface area (Å²) in [6, 6.07) is 7.23. The molecule has 34 heavy (non-hydrogen) atoms. The quantitative estimate of drug-likeness (QED) is 0.317. The highest BCUT2D eigenvalue weighted by atomic mass is 35.5. The maximum atomic E-state index is 12.5. The van der Waals surface area contributed by atoms with Crippen LogP contribution in [-0.4, -0.2) is 34.0 Å². The van der Waals surface area contributed by atoms with E-state index in [4.69, 9.17) is 16.6 Å². The van der Waals surface area contributed by atoms with Crippen molar-refractivity contribution < 1.29 is 8.42 Å². The smallest absolute Gasteiger partial charge is 0.232 e. The number of benzene rings is 1. The fourth-order valence-electron chi connectivity index (χ4n) is 5.74. The monoisotopic (exact) mass is 503 g/mol. The Morgan fingerprint density at radius 1 is 1.15 bits per heavy atom. The lowest BCUT2D eigenvalue weighted by Crippen LogP contribution is -2.38. The lowest BCUT2D eigenvalue weighted by atomic mass is 9.59. The number of nitrogens with one attached hydrogen (secondary N) is 2. The Hall–Kier alpha value is -2.06. The van der Waals surface area contributed by atoms with Crippen LogP contribution in [0, 0.1) is 5.92 Å². The van der Waals surface area contributed by atoms with Crippen LogP contribution in [0.25, 0.3) is 17.0 Å². The highest BCUT2D eigenvalue weighted by Crippen LogP contribution is 2.53. The molecule has 0 atom stereocenters. The average molecular weight is 504 g/mol. The normalized spacial score (nSPS) is 22.5. The van der Waals surface area contributed by atoms with Gasteiger partial charge in [0.1, 0.15) is 5.02 Å². The van der Waals surface area contributed by atoms with Gasteiger partial charge in [0.15, 0.2) is 11.5 Å². The minimum Gasteiger partial charge on any atom is -0.284 e. The third-order valence-electron chi connectivity index (χ3n) is 7.78. The van der Waals surface area contributed by atoms with Crippen LogP contribution in [0.1, 0.15) is 83.2 Å². The lowest BCUT2D eigenvalue weighted by Gasteiger charge is -2.46. The zero-order valence-electron chi connectivity index (χ0n) is 19.8. The van der Waals surface area contributed by atoms with Gasteiger partial charge < -0.3 is 0 Å². The van der Waals surface area contributed by atoms with Gasteiger partial charge in [0.2, 0.25) is 10.0 Å². The summed E-state index contributed by atoms with van der Waals surface area (Å²) in [4.78, 5) is 4.70. The molecule has 3 fully saturated rings. The van der Waals surface area contributed by atoms with Crippen molar-refractivity contribution in [1.29, 1.82) is 0 Å². The standard InChI is InChI=1S/C25H34ClN5O2S/c1-2-3-4-5-6-16-34(32,33)30-20-9-7-8-19(17-20)23-27-24-21(26)22(28-31(24)29-23)25-13-10-18(11-14-25)12-15-25/h7-9,17-18,28,30H,2-6,10-16H2,1H3. The predicted molar refractivity (Wildman–Crippen MR) is 137 cm³/mol. The van der Waals surface area contributed by atoms with Gasteiger partial charge >= 0.3 is 0 Å². The minimum atomic E-state index is -3.39. The van der Waals surface area contributed by atoms with E-state index in [1.165, 1.54) is 38.5 Å². The van der Waals surface area contributed by atoms with E-state index in [1.807, 2.05) is 12.1 Å². The molecular weight excluding hydrogens is 470 g/mol. The third-order valence-corrected chi connectivity index (χ3v) is 9.51. The van der Waals surface area contributed by atoms with Crippen LogP contribution in [0.5, 0.6) is 0 Å². The molecule has 3 aliphatic carbocycles. The van der Waals surface area contributed by atoms with E-state index in [-0.39, 0.29) is 11.2 Å². The predicted octanol–water partition coefficient (Wildman–Crippen LogP) is 6.31. The minimum absolute atomic E-state index is 0.128. The zero-order chi connectivity index (χ0) is 23.8. The number of halogens is 1. The number of H-pyrrole nitrogens is 1. The molecule has 9 heteroatoms. The van der Waals surface area contributed by atoms with Crippen LogP contribution < -0.4 is 4.72 Å². The second-order valence-corrected chi connectivity index (χ2v) is 12.4. The number of anilines is 1. The molecule has 2 aromatic heterocycles. The van der Waals surface area contributed by atoms with Crippen molar-refractivity contribution in [3.63, 3.8) is 0 Å². The summed E-state index contributed by atoms with van der Waals surface area (Å²) >= 11 is 6.83. The fourth-order valence-corrected chi connectivity index (χ4v) is 7.28. The molecule has 1 aromatic carbocycles. The van der Waals surface area contributed by atoms with E-state index in [0.29, 0.717) is 28.6 Å². The summed E-state index contributed by atoms with van der Waals surface area (Å²) in [5, 5.41) is 8.74. The summed E-state index contributed by atoms with van der Waals surface area (Å²) in [5.41, 5.74) is 3.10. The lowest BCUT2D eigenvalue weighted by molar-refractivity contribution is 0.132. The number of hydrogen-bond acceptors (Lipinski definition) is 4. The molecule has 0 aliphatic heterocycles. The van der Waals surface area contributed by atoms with Crippen LogP contribution in [0.4, 0.5) is 5.69 Å². The van der Waals surface area contributed by atoms with Gasteiger partial charge in [0.05, 0.1) is 11.4 Å². The first kappa shape index (κ1) is 23.7. The second-order valence-electron chi connectivity index (χ2n) is 10.1. The molecule has 3 saturated carbocycles. The van der Waals surface area contributed by atoms with Crippen molar-refractivity contribution in [1.82, 2.24) is 19.8 Å². The van der Waals surface area contributed by atoms with E-state index in [2.05, 4.69) is 21.8 Å². The number of unbranched alkanes of at least 4 members (excludes halogenated alkanes) is 4. The van der Waals surface area contributed by atoms with Gasteiger partial charge in [-0.3, -0.25) is 9.82 Å². The van der Waals surface area contributed by atoms with Gasteiger partial charge in [-0.1, -0.05) is 56.3 Å². The second kappa shape index (κ2) is 9.53. The van der Waals surface area contributed by atoms with Crippen LogP contribution in [0.2, 0.25) is 5.02 Å². The summed E-state index contributed by atoms with van der Waals surface area (Å²) in [7, 11) is -3.39. The Balaban J connectivity index is 1.32. The fraction of sp³-hybridized carbons (Fsp3) is 0.600. The maximum absolute atomic E-state index is 12.5. The number of nitrogens with zero attached hydrogens (tertiary/aromatic N) is 3. The van der Waals surface area contributed by atoms with Crippen molar-refractivity contribution in [2.24, 2.45) is 5.92 Å². The molecule has 0 radical (unpaired) electrons. The summed E-state index contributed by atoms with van der Waals surface area (Å²) in [6.45, 7) is 2.15. The van der Waals surface area contributed by atoms with Crippen molar-refractivity contribution in [2.75, 3.05) is 10.5 Å². The van der Waals surface area contributed by atoms with Crippen molar-refractivity contribution in [3.05, 3.63) is 35.0 Å². The topological polar surface area (TPSA) is 92.1 Å². The first-order valence-corrected chi connectivity index (χ1v) is 14.7. The highest BCUT2D eigenvalue weighted by molar-refractivity contribution is 7.92. The Bertz CT molecular complexity index is 1240. The maximum Gasteiger partial charge on any atom is 0.232 e. The number of sulfonamides is 1. The molecule has 7 nitrogen and oxygen atoms in total. The van der Waals surface area contributed by atoms with Gasteiger partial charge in [-0.15, -0.1) is 5.10 Å². The molecule has 6 rings (SSSR count). The van der Waals surface area contributed by atoms with E-state index in [0.717, 1.165) is 42.9 Å². The number of rotatable bonds is 10. The molecule has 2 N–H and O–H groups in total. The molecule has 2 heterocycles. The molecule has 184 valence electrons. The molecule has 0 spiro atoms. The summed E-state index contributed by atoms with van der Waals surface area (Å²) in [5.74, 6) is 1.54. The average Bonchev–Trinajstić information content (AvgIpc) is 3.40. The molecule has 3 aliphatic rings. The number of aromatic amines is 1. The molecule has 2 bridgehead atoms. The van der Waals surface area contributed by atoms with Gasteiger partial charge in [-0.05, 0) is 63.0 Å². The van der Waals surface area contributed by atoms with Crippen molar-refractivity contribution >= 4 is 33.0 Å². The SMILES string of the molecule is CCCCCCCS(=O)(=O)Nc1cccc(-c2nc3c(Cl)c(C45CCC(CC4)CC5)[nH]n3n2)c1. The first-order chi connectivity index (χ1) is 16.4. The first-order valence-electron chi connectivity index (χ1n) is 12.6. The molecule has 0 saturated heterocycles. The van der Waals surface area contributed by atoms with Crippen molar-refractivity contribution in [3.8, 4) is 11.4 Å². The largest absolute Gasteiger partial charge is 0.284 e. The van der Waals surface area contributed by atoms with Crippen LogP contribution >= 0.6 is 11.6 Å². The van der Waals surface area contributed by atoms with Gasteiger partial charge in [0.25, 0.3) is 0 Å². The van der Waals surface area contributed by atoms with Gasteiger partial charge in [-0.2, -0.15) is 4.63 Å². The Labute approximate surface area is 206 Å². The van der Waals surface area contributed by atoms with E-state index in [1.54, 1.807) is 16.8 Å². The van der Waals surface area contributed by atoms with E-state index < -0.39 is 10.0 Å². The molecule has 3 aromatic rings. The van der Waals surface area contributed by atoms with E-state index in [9.17, 15) is 8.42 Å². The Kier molecular flexibility index (Phi) is 6.64. The number of hydrogen-bond donors (Lipinski definition) is 2. The van der Waals surface area contributed by atoms with Gasteiger partial charge in [-0.25, -0.2) is 13.4 Å². The zero-order valence-corrected chi connectivity index (χ0v) is 21.4.